The third kappa shape index (κ3) is 14.4. The molecule has 0 fully saturated rings. The van der Waals surface area contributed by atoms with Crippen LogP contribution < -0.4 is 0 Å². The first kappa shape index (κ1) is 47.3. The summed E-state index contributed by atoms with van der Waals surface area (Å²) < 4.78 is 118. The average Bonchev–Trinajstić information content (AvgIpc) is 3.20. The van der Waals surface area contributed by atoms with Gasteiger partial charge in [0.25, 0.3) is 25.9 Å². The molecule has 0 saturated heterocycles. The zero-order valence-electron chi connectivity index (χ0n) is 31.3. The van der Waals surface area contributed by atoms with Crippen LogP contribution in [0.4, 0.5) is 39.8 Å². The Labute approximate surface area is 354 Å². The van der Waals surface area contributed by atoms with Crippen molar-refractivity contribution in [2.45, 2.75) is 16.7 Å². The molecular weight excluding hydrogens is 895 g/mol. The van der Waals surface area contributed by atoms with Gasteiger partial charge in [0.2, 0.25) is 0 Å². The fourth-order valence-corrected chi connectivity index (χ4v) is 6.42. The number of nitro benzene ring substituents is 1. The number of nitrogens with zero attached hydrogens (tertiary/aromatic N) is 7. The second-order valence-corrected chi connectivity index (χ2v) is 15.6. The number of rotatable bonds is 11. The first-order valence-electron chi connectivity index (χ1n) is 16.7. The van der Waals surface area contributed by atoms with E-state index in [2.05, 4.69) is 30.7 Å². The maximum atomic E-state index is 12.4. The number of nitro groups is 1. The van der Waals surface area contributed by atoms with Crippen molar-refractivity contribution >= 4 is 104 Å². The highest BCUT2D eigenvalue weighted by Crippen LogP contribution is 2.37. The summed E-state index contributed by atoms with van der Waals surface area (Å²) in [5.74, 6) is 0. The van der Waals surface area contributed by atoms with Gasteiger partial charge in [-0.3, -0.25) is 19.2 Å². The van der Waals surface area contributed by atoms with Gasteiger partial charge in [0.05, 0.1) is 33.4 Å². The predicted molar refractivity (Wildman–Crippen MR) is 222 cm³/mol. The Morgan fingerprint density at radius 1 is 0.532 bits per heavy atom. The number of azo groups is 3. The largest absolute Gasteiger partial charge is 0.425 e. The Kier molecular flexibility index (Phi) is 16.2. The molecule has 62 heavy (non-hydrogen) atoms. The first-order chi connectivity index (χ1) is 29.2. The van der Waals surface area contributed by atoms with Crippen molar-refractivity contribution in [2.24, 2.45) is 30.7 Å². The molecule has 6 aromatic rings. The summed E-state index contributed by atoms with van der Waals surface area (Å²) in [6, 6.07) is 31.7. The van der Waals surface area contributed by atoms with E-state index in [9.17, 15) is 36.1 Å². The van der Waals surface area contributed by atoms with E-state index in [-0.39, 0.29) is 16.9 Å². The van der Waals surface area contributed by atoms with Gasteiger partial charge in [-0.05, 0) is 78.7 Å². The second kappa shape index (κ2) is 21.2. The van der Waals surface area contributed by atoms with Crippen LogP contribution in [-0.2, 0) is 41.5 Å². The Balaban J connectivity index is 0.000000972. The Morgan fingerprint density at radius 2 is 0.968 bits per heavy atom. The number of hydrogen-bond donors (Lipinski definition) is 2. The monoisotopic (exact) mass is 921 g/mol. The van der Waals surface area contributed by atoms with Crippen LogP contribution in [0.5, 0.6) is 0 Å². The van der Waals surface area contributed by atoms with Crippen LogP contribution in [0, 0.1) is 17.0 Å². The molecule has 0 aliphatic rings. The molecule has 25 heteroatoms. The minimum absolute atomic E-state index is 0.0348. The lowest BCUT2D eigenvalue weighted by molar-refractivity contribution is -0.385. The number of aryl methyl sites for hydroxylation is 1. The molecule has 0 radical (unpaired) electrons. The third-order valence-corrected chi connectivity index (χ3v) is 9.58. The molecule has 0 bridgehead atoms. The molecule has 0 aliphatic carbocycles. The standard InChI is InChI=1S/C37H27N7O8S2.2O3S/c1-24-6-13-27(14-7-24)39-41-33-20-21-34(32-5-3-2-4-31(32)33)42-43-35-19-17-29(22-37(35)54(50,51)52)40-38-28-15-9-25(10-16-28)8-11-26-12-18-30(44(45)46)23-36(26)53(47,48)49;2*1-4(2)3/h2-23H,1H3,(H,47,48,49)(H,50,51,52);;/b11-8+,40-38?,41-39?,43-42?;;. The van der Waals surface area contributed by atoms with E-state index in [1.165, 1.54) is 30.4 Å². The molecule has 0 amide bonds. The highest BCUT2D eigenvalue weighted by Gasteiger charge is 2.19. The van der Waals surface area contributed by atoms with E-state index < -0.39 is 61.9 Å². The van der Waals surface area contributed by atoms with Crippen LogP contribution in [0.15, 0.2) is 162 Å². The summed E-state index contributed by atoms with van der Waals surface area (Å²) in [6.45, 7) is 1.98. The van der Waals surface area contributed by atoms with Crippen LogP contribution in [-0.4, -0.2) is 56.1 Å². The predicted octanol–water partition coefficient (Wildman–Crippen LogP) is 8.96. The molecule has 0 unspecified atom stereocenters. The van der Waals surface area contributed by atoms with Crippen molar-refractivity contribution in [3.63, 3.8) is 0 Å². The van der Waals surface area contributed by atoms with Crippen molar-refractivity contribution in [2.75, 3.05) is 0 Å². The highest BCUT2D eigenvalue weighted by atomic mass is 32.2. The highest BCUT2D eigenvalue weighted by molar-refractivity contribution is 7.86. The van der Waals surface area contributed by atoms with Gasteiger partial charge >= 0.3 is 21.2 Å². The molecule has 0 heterocycles. The van der Waals surface area contributed by atoms with E-state index in [4.69, 9.17) is 25.3 Å². The molecule has 6 aromatic carbocycles. The first-order valence-corrected chi connectivity index (χ1v) is 21.6. The fourth-order valence-electron chi connectivity index (χ4n) is 5.08. The van der Waals surface area contributed by atoms with Gasteiger partial charge in [-0.25, -0.2) is 0 Å². The lowest BCUT2D eigenvalue weighted by atomic mass is 10.1. The number of fused-ring (bicyclic) bond motifs is 1. The molecule has 0 saturated carbocycles. The molecule has 0 atom stereocenters. The van der Waals surface area contributed by atoms with Gasteiger partial charge in [0.15, 0.2) is 0 Å². The summed E-state index contributed by atoms with van der Waals surface area (Å²) in [5, 5.41) is 37.8. The number of benzene rings is 6. The Bertz CT molecular complexity index is 3200. The molecule has 0 spiro atoms. The van der Waals surface area contributed by atoms with Crippen molar-refractivity contribution in [3.05, 3.63) is 148 Å². The number of hydrogen-bond acceptors (Lipinski definition) is 18. The Morgan fingerprint density at radius 3 is 1.48 bits per heavy atom. The van der Waals surface area contributed by atoms with E-state index >= 15 is 0 Å². The third-order valence-electron chi connectivity index (χ3n) is 7.79. The maximum Gasteiger partial charge on any atom is 0.425 e. The molecule has 6 rings (SSSR count). The molecule has 21 nitrogen and oxygen atoms in total. The minimum atomic E-state index is -4.76. The van der Waals surface area contributed by atoms with Crippen molar-refractivity contribution in [1.29, 1.82) is 0 Å². The Hall–Kier alpha value is -7.42. The van der Waals surface area contributed by atoms with Gasteiger partial charge in [0.1, 0.15) is 15.5 Å². The summed E-state index contributed by atoms with van der Waals surface area (Å²) >= 11 is 0. The molecular formula is C37H27N7O14S4. The van der Waals surface area contributed by atoms with Gasteiger partial charge in [0, 0.05) is 22.9 Å². The zero-order valence-corrected chi connectivity index (χ0v) is 34.5. The lowest BCUT2D eigenvalue weighted by Gasteiger charge is -2.05. The smallest absolute Gasteiger partial charge is 0.282 e. The van der Waals surface area contributed by atoms with Gasteiger partial charge in [-0.2, -0.15) is 32.2 Å². The normalized spacial score (nSPS) is 11.7. The summed E-state index contributed by atoms with van der Waals surface area (Å²) in [6.07, 6.45) is 2.90. The SMILES string of the molecule is Cc1ccc(N=Nc2ccc(N=Nc3ccc(N=Nc4ccc(/C=C/c5ccc([N+](=O)[O-])cc5S(=O)(=O)O)cc4)cc3S(=O)(=O)O)c3ccccc23)cc1.O=S(=O)=O.O=S(=O)=O. The van der Waals surface area contributed by atoms with E-state index in [0.717, 1.165) is 29.1 Å². The van der Waals surface area contributed by atoms with Gasteiger partial charge in [-0.15, -0.1) is 40.6 Å². The van der Waals surface area contributed by atoms with Crippen LogP contribution in [0.25, 0.3) is 22.9 Å². The van der Waals surface area contributed by atoms with Crippen LogP contribution in [0.2, 0.25) is 0 Å². The van der Waals surface area contributed by atoms with Crippen LogP contribution in [0.3, 0.4) is 0 Å². The quantitative estimate of drug-likeness (QED) is 0.0403. The lowest BCUT2D eigenvalue weighted by Crippen LogP contribution is -2.02. The summed E-state index contributed by atoms with van der Waals surface area (Å²) in [5.41, 5.74) is 3.28. The number of non-ortho nitro benzene ring substituents is 1. The molecule has 0 aliphatic heterocycles. The molecule has 0 aromatic heterocycles. The van der Waals surface area contributed by atoms with Crippen molar-refractivity contribution in [1.82, 2.24) is 0 Å². The maximum absolute atomic E-state index is 12.4. The molecule has 2 N–H and O–H groups in total. The molecule has 318 valence electrons. The van der Waals surface area contributed by atoms with E-state index in [1.54, 1.807) is 36.4 Å². The summed E-state index contributed by atoms with van der Waals surface area (Å²) in [7, 11) is -15.7. The van der Waals surface area contributed by atoms with Crippen LogP contribution in [0.1, 0.15) is 16.7 Å². The fraction of sp³-hybridized carbons (Fsp3) is 0.0270. The van der Waals surface area contributed by atoms with Crippen molar-refractivity contribution < 1.29 is 56.1 Å². The van der Waals surface area contributed by atoms with Gasteiger partial charge < -0.3 is 0 Å². The average molecular weight is 922 g/mol. The zero-order chi connectivity index (χ0) is 45.6. The minimum Gasteiger partial charge on any atom is -0.282 e. The van der Waals surface area contributed by atoms with E-state index in [1.807, 2.05) is 55.5 Å². The van der Waals surface area contributed by atoms with Crippen molar-refractivity contribution in [3.8, 4) is 0 Å². The summed E-state index contributed by atoms with van der Waals surface area (Å²) in [4.78, 5) is 9.11. The van der Waals surface area contributed by atoms with Gasteiger partial charge in [-0.1, -0.05) is 66.2 Å². The van der Waals surface area contributed by atoms with Crippen LogP contribution >= 0.6 is 0 Å². The van der Waals surface area contributed by atoms with E-state index in [0.29, 0.717) is 33.7 Å². The topological polar surface area (TPSA) is 328 Å². The second-order valence-electron chi connectivity index (χ2n) is 12.0.